The van der Waals surface area contributed by atoms with E-state index in [0.717, 1.165) is 11.1 Å². The number of nitrogens with zero attached hydrogens (tertiary/aromatic N) is 1. The predicted molar refractivity (Wildman–Crippen MR) is 76.1 cm³/mol. The maximum atomic E-state index is 12.1. The summed E-state index contributed by atoms with van der Waals surface area (Å²) in [6, 6.07) is 7.55. The van der Waals surface area contributed by atoms with E-state index < -0.39 is 0 Å². The smallest absolute Gasteiger partial charge is 0.242 e. The zero-order chi connectivity index (χ0) is 14.0. The van der Waals surface area contributed by atoms with Crippen molar-refractivity contribution in [1.29, 1.82) is 5.41 Å². The lowest BCUT2D eigenvalue weighted by Crippen LogP contribution is -2.46. The average Bonchev–Trinajstić information content (AvgIpc) is 2.73. The summed E-state index contributed by atoms with van der Waals surface area (Å²) >= 11 is 0. The third-order valence-corrected chi connectivity index (χ3v) is 3.43. The minimum absolute atomic E-state index is 0.00810. The number of benzene rings is 1. The van der Waals surface area contributed by atoms with Gasteiger partial charge in [0.25, 0.3) is 0 Å². The van der Waals surface area contributed by atoms with Crippen molar-refractivity contribution in [3.05, 3.63) is 35.4 Å². The molecule has 2 N–H and O–H groups in total. The van der Waals surface area contributed by atoms with Crippen molar-refractivity contribution in [3.63, 3.8) is 0 Å². The van der Waals surface area contributed by atoms with Crippen molar-refractivity contribution < 1.29 is 4.79 Å². The zero-order valence-corrected chi connectivity index (χ0v) is 11.7. The Morgan fingerprint density at radius 1 is 1.37 bits per heavy atom. The lowest BCUT2D eigenvalue weighted by atomic mass is 10.1. The molecule has 0 fully saturated rings. The Bertz CT molecular complexity index is 496. The van der Waals surface area contributed by atoms with Gasteiger partial charge in [-0.2, -0.15) is 0 Å². The fraction of sp³-hybridized carbons (Fsp3) is 0.467. The van der Waals surface area contributed by atoms with Crippen molar-refractivity contribution >= 4 is 11.7 Å². The quantitative estimate of drug-likeness (QED) is 0.868. The van der Waals surface area contributed by atoms with Crippen LogP contribution in [0.1, 0.15) is 31.9 Å². The second-order valence-corrected chi connectivity index (χ2v) is 5.45. The van der Waals surface area contributed by atoms with Gasteiger partial charge in [-0.3, -0.25) is 10.2 Å². The van der Waals surface area contributed by atoms with E-state index in [1.54, 1.807) is 0 Å². The van der Waals surface area contributed by atoms with Gasteiger partial charge < -0.3 is 10.2 Å². The first-order valence-electron chi connectivity index (χ1n) is 6.72. The van der Waals surface area contributed by atoms with Gasteiger partial charge in [-0.25, -0.2) is 0 Å². The molecule has 4 nitrogen and oxygen atoms in total. The zero-order valence-electron chi connectivity index (χ0n) is 11.7. The van der Waals surface area contributed by atoms with E-state index in [1.807, 2.05) is 36.1 Å². The summed E-state index contributed by atoms with van der Waals surface area (Å²) in [6.07, 6.45) is 0. The van der Waals surface area contributed by atoms with Gasteiger partial charge in [-0.15, -0.1) is 0 Å². The van der Waals surface area contributed by atoms with Crippen LogP contribution in [0.25, 0.3) is 0 Å². The van der Waals surface area contributed by atoms with Gasteiger partial charge in [-0.05, 0) is 18.4 Å². The van der Waals surface area contributed by atoms with Gasteiger partial charge in [0.1, 0.15) is 11.9 Å². The lowest BCUT2D eigenvalue weighted by Gasteiger charge is -2.25. The third-order valence-electron chi connectivity index (χ3n) is 3.43. The normalized spacial score (nSPS) is 15.6. The summed E-state index contributed by atoms with van der Waals surface area (Å²) in [5, 5.41) is 11.1. The Morgan fingerprint density at radius 3 is 2.68 bits per heavy atom. The van der Waals surface area contributed by atoms with Gasteiger partial charge >= 0.3 is 0 Å². The second-order valence-electron chi connectivity index (χ2n) is 5.45. The molecule has 2 rings (SSSR count). The highest BCUT2D eigenvalue weighted by molar-refractivity contribution is 6.02. The second kappa shape index (κ2) is 5.43. The molecule has 1 atom stereocenters. The van der Waals surface area contributed by atoms with Crippen LogP contribution in [0.15, 0.2) is 24.3 Å². The summed E-state index contributed by atoms with van der Waals surface area (Å²) < 4.78 is 0. The molecule has 1 aromatic carbocycles. The molecule has 1 unspecified atom stereocenters. The van der Waals surface area contributed by atoms with Crippen LogP contribution in [-0.2, 0) is 11.3 Å². The predicted octanol–water partition coefficient (Wildman–Crippen LogP) is 1.99. The standard InChI is InChI=1S/C15H21N3O/c1-10(2)8-17-15(19)11(3)18-9-12-6-4-5-7-13(12)14(18)16/h4-7,10-11,16H,8-9H2,1-3H3,(H,17,19). The fourth-order valence-electron chi connectivity index (χ4n) is 2.23. The van der Waals surface area contributed by atoms with E-state index in [2.05, 4.69) is 19.2 Å². The van der Waals surface area contributed by atoms with Crippen LogP contribution in [0.4, 0.5) is 0 Å². The van der Waals surface area contributed by atoms with Crippen molar-refractivity contribution in [2.45, 2.75) is 33.4 Å². The number of fused-ring (bicyclic) bond motifs is 1. The Balaban J connectivity index is 2.04. The SMILES string of the molecule is CC(C)CNC(=O)C(C)N1Cc2ccccc2C1=N. The Kier molecular flexibility index (Phi) is 3.88. The first kappa shape index (κ1) is 13.6. The molecule has 0 aromatic heterocycles. The number of hydrogen-bond acceptors (Lipinski definition) is 2. The summed E-state index contributed by atoms with van der Waals surface area (Å²) in [6.45, 7) is 7.32. The number of rotatable bonds is 4. The monoisotopic (exact) mass is 259 g/mol. The van der Waals surface area contributed by atoms with Crippen LogP contribution in [0.3, 0.4) is 0 Å². The number of amides is 1. The van der Waals surface area contributed by atoms with Crippen LogP contribution < -0.4 is 5.32 Å². The molecule has 1 aromatic rings. The van der Waals surface area contributed by atoms with Crippen molar-refractivity contribution in [1.82, 2.24) is 10.2 Å². The maximum Gasteiger partial charge on any atom is 0.242 e. The molecule has 0 saturated heterocycles. The number of nitrogens with one attached hydrogen (secondary N) is 2. The molecule has 0 bridgehead atoms. The highest BCUT2D eigenvalue weighted by atomic mass is 16.2. The molecule has 0 aliphatic carbocycles. The molecule has 1 amide bonds. The molecular weight excluding hydrogens is 238 g/mol. The van der Waals surface area contributed by atoms with Crippen molar-refractivity contribution in [2.75, 3.05) is 6.54 Å². The van der Waals surface area contributed by atoms with E-state index in [9.17, 15) is 4.79 Å². The first-order valence-corrected chi connectivity index (χ1v) is 6.72. The first-order chi connectivity index (χ1) is 9.00. The lowest BCUT2D eigenvalue weighted by molar-refractivity contribution is -0.124. The van der Waals surface area contributed by atoms with E-state index in [4.69, 9.17) is 5.41 Å². The Morgan fingerprint density at radius 2 is 2.05 bits per heavy atom. The molecule has 19 heavy (non-hydrogen) atoms. The van der Waals surface area contributed by atoms with Crippen LogP contribution in [0.5, 0.6) is 0 Å². The summed E-state index contributed by atoms with van der Waals surface area (Å²) in [5.74, 6) is 0.875. The van der Waals surface area contributed by atoms with Crippen LogP contribution in [-0.4, -0.2) is 29.2 Å². The summed E-state index contributed by atoms with van der Waals surface area (Å²) in [5.41, 5.74) is 2.06. The molecule has 1 aliphatic heterocycles. The number of carbonyl (C=O) groups excluding carboxylic acids is 1. The molecule has 1 aliphatic rings. The van der Waals surface area contributed by atoms with Gasteiger partial charge in [0.05, 0.1) is 0 Å². The van der Waals surface area contributed by atoms with E-state index in [-0.39, 0.29) is 11.9 Å². The molecule has 0 saturated carbocycles. The van der Waals surface area contributed by atoms with Gasteiger partial charge in [-0.1, -0.05) is 38.1 Å². The molecule has 0 radical (unpaired) electrons. The topological polar surface area (TPSA) is 56.2 Å². The third kappa shape index (κ3) is 2.78. The summed E-state index contributed by atoms with van der Waals surface area (Å²) in [4.78, 5) is 13.9. The number of carbonyl (C=O) groups is 1. The Hall–Kier alpha value is -1.84. The van der Waals surface area contributed by atoms with Crippen LogP contribution >= 0.6 is 0 Å². The van der Waals surface area contributed by atoms with Crippen LogP contribution in [0.2, 0.25) is 0 Å². The fourth-order valence-corrected chi connectivity index (χ4v) is 2.23. The summed E-state index contributed by atoms with van der Waals surface area (Å²) in [7, 11) is 0. The van der Waals surface area contributed by atoms with E-state index >= 15 is 0 Å². The van der Waals surface area contributed by atoms with E-state index in [1.165, 1.54) is 0 Å². The van der Waals surface area contributed by atoms with Crippen LogP contribution in [0, 0.1) is 11.3 Å². The molecule has 1 heterocycles. The minimum Gasteiger partial charge on any atom is -0.354 e. The molecule has 0 spiro atoms. The highest BCUT2D eigenvalue weighted by Crippen LogP contribution is 2.24. The largest absolute Gasteiger partial charge is 0.354 e. The Labute approximate surface area is 114 Å². The van der Waals surface area contributed by atoms with Gasteiger partial charge in [0, 0.05) is 18.7 Å². The van der Waals surface area contributed by atoms with Gasteiger partial charge in [0.15, 0.2) is 0 Å². The number of amidine groups is 1. The van der Waals surface area contributed by atoms with Crippen molar-refractivity contribution in [2.24, 2.45) is 5.92 Å². The maximum absolute atomic E-state index is 12.1. The number of hydrogen-bond donors (Lipinski definition) is 2. The van der Waals surface area contributed by atoms with E-state index in [0.29, 0.717) is 24.8 Å². The molecule has 102 valence electrons. The van der Waals surface area contributed by atoms with Crippen molar-refractivity contribution in [3.8, 4) is 0 Å². The minimum atomic E-state index is -0.307. The average molecular weight is 259 g/mol. The molecular formula is C15H21N3O. The highest BCUT2D eigenvalue weighted by Gasteiger charge is 2.30. The van der Waals surface area contributed by atoms with Gasteiger partial charge in [0.2, 0.25) is 5.91 Å². The molecule has 4 heteroatoms.